The molecule has 0 saturated carbocycles. The predicted octanol–water partition coefficient (Wildman–Crippen LogP) is 4.11. The molecular formula is C30H32FN3O5. The Labute approximate surface area is 227 Å². The highest BCUT2D eigenvalue weighted by Crippen LogP contribution is 2.46. The van der Waals surface area contributed by atoms with Crippen LogP contribution < -0.4 is 19.1 Å². The molecule has 3 aromatic rings. The number of hydrogen-bond donors (Lipinski definition) is 0. The molecule has 0 unspecified atom stereocenters. The van der Waals surface area contributed by atoms with Gasteiger partial charge in [-0.15, -0.1) is 0 Å². The Balaban J connectivity index is 1.51. The van der Waals surface area contributed by atoms with Crippen LogP contribution in [0.1, 0.15) is 33.4 Å². The Bertz CT molecular complexity index is 1370. The Morgan fingerprint density at radius 2 is 1.49 bits per heavy atom. The molecule has 0 aromatic heterocycles. The minimum atomic E-state index is -0.827. The normalized spacial score (nSPS) is 19.0. The molecule has 0 bridgehead atoms. The number of benzene rings is 3. The zero-order valence-corrected chi connectivity index (χ0v) is 22.5. The molecule has 2 aliphatic rings. The standard InChI is InChI=1S/C30H32FN3O5/c1-32-28(21-7-5-6-8-24(21)31)27(22-17-25(38-3)26(39-4)18-23(22)29(32)35)30(36)34-15-13-33(14-16-34)19-9-11-20(37-2)12-10-19/h5-12,17-18,27-28H,13-16H2,1-4H3/t27-,28+/m1/s1. The molecule has 1 saturated heterocycles. The second-order valence-corrected chi connectivity index (χ2v) is 9.66. The van der Waals surface area contributed by atoms with Crippen molar-refractivity contribution in [3.8, 4) is 17.2 Å². The van der Waals surface area contributed by atoms with Gasteiger partial charge in [-0.2, -0.15) is 0 Å². The van der Waals surface area contributed by atoms with Gasteiger partial charge in [0, 0.05) is 50.0 Å². The quantitative estimate of drug-likeness (QED) is 0.475. The lowest BCUT2D eigenvalue weighted by Crippen LogP contribution is -2.53. The highest BCUT2D eigenvalue weighted by atomic mass is 19.1. The van der Waals surface area contributed by atoms with Crippen molar-refractivity contribution in [2.24, 2.45) is 0 Å². The number of anilines is 1. The van der Waals surface area contributed by atoms with Gasteiger partial charge in [-0.05, 0) is 48.0 Å². The summed E-state index contributed by atoms with van der Waals surface area (Å²) in [6.45, 7) is 2.27. The number of carbonyl (C=O) groups is 2. The van der Waals surface area contributed by atoms with E-state index in [4.69, 9.17) is 14.2 Å². The number of amides is 2. The Morgan fingerprint density at radius 3 is 2.10 bits per heavy atom. The van der Waals surface area contributed by atoms with Crippen LogP contribution in [0.15, 0.2) is 60.7 Å². The number of nitrogens with zero attached hydrogens (tertiary/aromatic N) is 3. The van der Waals surface area contributed by atoms with E-state index in [0.717, 1.165) is 11.4 Å². The van der Waals surface area contributed by atoms with Crippen LogP contribution in [-0.2, 0) is 4.79 Å². The average molecular weight is 534 g/mol. The molecule has 2 atom stereocenters. The Kier molecular flexibility index (Phi) is 7.32. The van der Waals surface area contributed by atoms with Crippen LogP contribution in [0.5, 0.6) is 17.2 Å². The molecule has 0 N–H and O–H groups in total. The van der Waals surface area contributed by atoms with E-state index in [0.29, 0.717) is 54.4 Å². The summed E-state index contributed by atoms with van der Waals surface area (Å²) in [4.78, 5) is 33.3. The predicted molar refractivity (Wildman–Crippen MR) is 145 cm³/mol. The summed E-state index contributed by atoms with van der Waals surface area (Å²) in [6.07, 6.45) is 0. The number of fused-ring (bicyclic) bond motifs is 1. The zero-order chi connectivity index (χ0) is 27.7. The fourth-order valence-corrected chi connectivity index (χ4v) is 5.59. The monoisotopic (exact) mass is 533 g/mol. The smallest absolute Gasteiger partial charge is 0.254 e. The largest absolute Gasteiger partial charge is 0.497 e. The molecule has 2 amide bonds. The van der Waals surface area contributed by atoms with Crippen molar-refractivity contribution in [1.82, 2.24) is 9.80 Å². The van der Waals surface area contributed by atoms with Gasteiger partial charge >= 0.3 is 0 Å². The summed E-state index contributed by atoms with van der Waals surface area (Å²) in [5.41, 5.74) is 2.20. The third-order valence-electron chi connectivity index (χ3n) is 7.69. The SMILES string of the molecule is COc1ccc(N2CCN(C(=O)[C@@H]3c4cc(OC)c(OC)cc4C(=O)N(C)[C@H]3c3ccccc3F)CC2)cc1. The van der Waals surface area contributed by atoms with Gasteiger partial charge in [-0.3, -0.25) is 9.59 Å². The topological polar surface area (TPSA) is 71.5 Å². The third-order valence-corrected chi connectivity index (χ3v) is 7.69. The number of ether oxygens (including phenoxy) is 3. The van der Waals surface area contributed by atoms with Crippen molar-refractivity contribution in [3.63, 3.8) is 0 Å². The molecular weight excluding hydrogens is 501 g/mol. The van der Waals surface area contributed by atoms with Gasteiger partial charge in [0.25, 0.3) is 5.91 Å². The van der Waals surface area contributed by atoms with E-state index < -0.39 is 17.8 Å². The molecule has 1 fully saturated rings. The summed E-state index contributed by atoms with van der Waals surface area (Å²) < 4.78 is 31.4. The molecule has 0 radical (unpaired) electrons. The number of carbonyl (C=O) groups excluding carboxylic acids is 2. The number of methoxy groups -OCH3 is 3. The van der Waals surface area contributed by atoms with E-state index in [-0.39, 0.29) is 11.8 Å². The van der Waals surface area contributed by atoms with Gasteiger partial charge in [0.15, 0.2) is 11.5 Å². The number of halogens is 1. The van der Waals surface area contributed by atoms with Gasteiger partial charge in [0.1, 0.15) is 11.6 Å². The first-order chi connectivity index (χ1) is 18.9. The Morgan fingerprint density at radius 1 is 0.846 bits per heavy atom. The molecule has 9 heteroatoms. The minimum absolute atomic E-state index is 0.162. The molecule has 204 valence electrons. The number of rotatable bonds is 6. The van der Waals surface area contributed by atoms with Crippen LogP contribution in [-0.4, -0.2) is 76.2 Å². The van der Waals surface area contributed by atoms with Gasteiger partial charge in [0.2, 0.25) is 5.91 Å². The van der Waals surface area contributed by atoms with Crippen molar-refractivity contribution in [2.45, 2.75) is 12.0 Å². The third kappa shape index (κ3) is 4.73. The average Bonchev–Trinajstić information content (AvgIpc) is 2.98. The molecule has 0 aliphatic carbocycles. The maximum Gasteiger partial charge on any atom is 0.254 e. The van der Waals surface area contributed by atoms with Crippen molar-refractivity contribution in [3.05, 3.63) is 83.2 Å². The van der Waals surface area contributed by atoms with Crippen LogP contribution in [0.2, 0.25) is 0 Å². The van der Waals surface area contributed by atoms with Gasteiger partial charge in [-0.25, -0.2) is 4.39 Å². The number of likely N-dealkylation sites (N-methyl/N-ethyl adjacent to an activating group) is 1. The lowest BCUT2D eigenvalue weighted by atomic mass is 9.78. The van der Waals surface area contributed by atoms with Crippen molar-refractivity contribution in [2.75, 3.05) is 59.5 Å². The number of piperazine rings is 1. The maximum atomic E-state index is 15.2. The molecule has 39 heavy (non-hydrogen) atoms. The second kappa shape index (κ2) is 10.8. The summed E-state index contributed by atoms with van der Waals surface area (Å²) in [7, 11) is 6.24. The highest BCUT2D eigenvalue weighted by Gasteiger charge is 2.46. The van der Waals surface area contributed by atoms with E-state index in [1.54, 1.807) is 44.5 Å². The van der Waals surface area contributed by atoms with Crippen molar-refractivity contribution < 1.29 is 28.2 Å². The van der Waals surface area contributed by atoms with Crippen LogP contribution in [0.25, 0.3) is 0 Å². The summed E-state index contributed by atoms with van der Waals surface area (Å²) in [5, 5.41) is 0. The fraction of sp³-hybridized carbons (Fsp3) is 0.333. The van der Waals surface area contributed by atoms with Crippen LogP contribution in [0.4, 0.5) is 10.1 Å². The van der Waals surface area contributed by atoms with Gasteiger partial charge < -0.3 is 28.9 Å². The van der Waals surface area contributed by atoms with Gasteiger partial charge in [-0.1, -0.05) is 18.2 Å². The van der Waals surface area contributed by atoms with E-state index >= 15 is 4.39 Å². The molecule has 8 nitrogen and oxygen atoms in total. The molecule has 2 aliphatic heterocycles. The molecule has 0 spiro atoms. The lowest BCUT2D eigenvalue weighted by Gasteiger charge is -2.43. The Hall–Kier alpha value is -4.27. The van der Waals surface area contributed by atoms with E-state index in [9.17, 15) is 9.59 Å². The summed E-state index contributed by atoms with van der Waals surface area (Å²) >= 11 is 0. The highest BCUT2D eigenvalue weighted by molar-refractivity contribution is 6.02. The first-order valence-corrected chi connectivity index (χ1v) is 12.8. The molecule has 2 heterocycles. The number of hydrogen-bond acceptors (Lipinski definition) is 6. The second-order valence-electron chi connectivity index (χ2n) is 9.66. The minimum Gasteiger partial charge on any atom is -0.497 e. The molecule has 3 aromatic carbocycles. The van der Waals surface area contributed by atoms with Crippen LogP contribution in [0.3, 0.4) is 0 Å². The van der Waals surface area contributed by atoms with E-state index in [1.807, 2.05) is 29.2 Å². The fourth-order valence-electron chi connectivity index (χ4n) is 5.59. The van der Waals surface area contributed by atoms with E-state index in [2.05, 4.69) is 4.90 Å². The lowest BCUT2D eigenvalue weighted by molar-refractivity contribution is -0.134. The van der Waals surface area contributed by atoms with Crippen LogP contribution >= 0.6 is 0 Å². The van der Waals surface area contributed by atoms with E-state index in [1.165, 1.54) is 25.2 Å². The summed E-state index contributed by atoms with van der Waals surface area (Å²) in [6, 6.07) is 16.6. The first-order valence-electron chi connectivity index (χ1n) is 12.8. The molecule has 5 rings (SSSR count). The maximum absolute atomic E-state index is 15.2. The van der Waals surface area contributed by atoms with Crippen molar-refractivity contribution in [1.29, 1.82) is 0 Å². The van der Waals surface area contributed by atoms with Gasteiger partial charge in [0.05, 0.1) is 33.3 Å². The van der Waals surface area contributed by atoms with Crippen molar-refractivity contribution >= 4 is 17.5 Å². The van der Waals surface area contributed by atoms with Crippen LogP contribution in [0, 0.1) is 5.82 Å². The first kappa shape index (κ1) is 26.3. The summed E-state index contributed by atoms with van der Waals surface area (Å²) in [5.74, 6) is -0.184. The zero-order valence-electron chi connectivity index (χ0n) is 22.5.